The third kappa shape index (κ3) is 3.33. The van der Waals surface area contributed by atoms with Gasteiger partial charge in [-0.2, -0.15) is 0 Å². The number of carbonyl (C=O) groups is 1. The van der Waals surface area contributed by atoms with Crippen LogP contribution in [0.5, 0.6) is 0 Å². The second-order valence-corrected chi connectivity index (χ2v) is 6.37. The van der Waals surface area contributed by atoms with Crippen LogP contribution in [0.25, 0.3) is 0 Å². The van der Waals surface area contributed by atoms with E-state index in [1.165, 1.54) is 11.8 Å². The van der Waals surface area contributed by atoms with Gasteiger partial charge in [-0.25, -0.2) is 0 Å². The van der Waals surface area contributed by atoms with Crippen LogP contribution in [0.1, 0.15) is 40.7 Å². The van der Waals surface area contributed by atoms with E-state index in [9.17, 15) is 4.79 Å². The topological polar surface area (TPSA) is 64.2 Å². The Hall–Kier alpha value is -2.89. The molecule has 1 fully saturated rings. The highest BCUT2D eigenvalue weighted by molar-refractivity contribution is 5.91. The summed E-state index contributed by atoms with van der Waals surface area (Å²) in [6, 6.07) is 13.7. The van der Waals surface area contributed by atoms with Gasteiger partial charge >= 0.3 is 0 Å². The van der Waals surface area contributed by atoms with Gasteiger partial charge in [0.2, 0.25) is 0 Å². The molecule has 0 radical (unpaired) electrons. The molecule has 0 aliphatic carbocycles. The number of hydrogen-bond donors (Lipinski definition) is 0. The number of amides is 1. The Morgan fingerprint density at radius 2 is 2.08 bits per heavy atom. The van der Waals surface area contributed by atoms with Crippen LogP contribution >= 0.6 is 0 Å². The van der Waals surface area contributed by atoms with Crippen molar-refractivity contribution in [1.29, 1.82) is 0 Å². The summed E-state index contributed by atoms with van der Waals surface area (Å²) in [5, 5.41) is 8.45. The molecule has 1 amide bonds. The molecule has 2 aromatic heterocycles. The highest BCUT2D eigenvalue weighted by Gasteiger charge is 2.29. The second kappa shape index (κ2) is 6.93. The number of carbonyl (C=O) groups excluding carboxylic acids is 1. The van der Waals surface area contributed by atoms with E-state index >= 15 is 0 Å². The highest BCUT2D eigenvalue weighted by Crippen LogP contribution is 2.27. The summed E-state index contributed by atoms with van der Waals surface area (Å²) in [7, 11) is 0. The minimum absolute atomic E-state index is 0.0520. The molecule has 0 N–H and O–H groups in total. The van der Waals surface area contributed by atoms with E-state index in [1.807, 2.05) is 23.1 Å². The highest BCUT2D eigenvalue weighted by atomic mass is 16.3. The Kier molecular flexibility index (Phi) is 4.33. The zero-order valence-electron chi connectivity index (χ0n) is 13.9. The lowest BCUT2D eigenvalue weighted by molar-refractivity contribution is 0.0671. The first-order valence-electron chi connectivity index (χ1n) is 8.55. The normalized spacial score (nSPS) is 17.6. The lowest BCUT2D eigenvalue weighted by atomic mass is 9.96. The van der Waals surface area contributed by atoms with Gasteiger partial charge in [0, 0.05) is 19.0 Å². The molecule has 1 aliphatic heterocycles. The maximum absolute atomic E-state index is 12.5. The van der Waals surface area contributed by atoms with Crippen molar-refractivity contribution in [2.75, 3.05) is 13.1 Å². The molecule has 0 saturated carbocycles. The first kappa shape index (κ1) is 15.6. The molecule has 6 nitrogen and oxygen atoms in total. The predicted molar refractivity (Wildman–Crippen MR) is 92.2 cm³/mol. The maximum Gasteiger partial charge on any atom is 0.289 e. The summed E-state index contributed by atoms with van der Waals surface area (Å²) in [4.78, 5) is 14.4. The number of hydrogen-bond acceptors (Lipinski definition) is 4. The maximum atomic E-state index is 12.5. The average Bonchev–Trinajstić information content (AvgIpc) is 3.34. The molecule has 3 aromatic rings. The minimum Gasteiger partial charge on any atom is -0.459 e. The summed E-state index contributed by atoms with van der Waals surface area (Å²) in [6.45, 7) is 2.14. The first-order valence-corrected chi connectivity index (χ1v) is 8.55. The van der Waals surface area contributed by atoms with Gasteiger partial charge in [-0.3, -0.25) is 4.79 Å². The Balaban J connectivity index is 1.50. The van der Waals surface area contributed by atoms with Crippen molar-refractivity contribution >= 4 is 5.91 Å². The van der Waals surface area contributed by atoms with Gasteiger partial charge in [-0.15, -0.1) is 10.2 Å². The van der Waals surface area contributed by atoms with E-state index in [-0.39, 0.29) is 11.8 Å². The summed E-state index contributed by atoms with van der Waals surface area (Å²) in [5.74, 6) is 1.48. The van der Waals surface area contributed by atoms with Crippen molar-refractivity contribution in [2.24, 2.45) is 0 Å². The molecule has 25 heavy (non-hydrogen) atoms. The molecule has 0 spiro atoms. The van der Waals surface area contributed by atoms with Crippen LogP contribution in [-0.4, -0.2) is 38.7 Å². The van der Waals surface area contributed by atoms with Crippen molar-refractivity contribution in [1.82, 2.24) is 19.7 Å². The molecule has 1 unspecified atom stereocenters. The van der Waals surface area contributed by atoms with E-state index in [1.54, 1.807) is 18.5 Å². The van der Waals surface area contributed by atoms with E-state index in [2.05, 4.69) is 26.9 Å². The molecular weight excluding hydrogens is 316 g/mol. The van der Waals surface area contributed by atoms with E-state index < -0.39 is 0 Å². The first-order chi connectivity index (χ1) is 12.3. The quantitative estimate of drug-likeness (QED) is 0.735. The van der Waals surface area contributed by atoms with Crippen molar-refractivity contribution in [3.63, 3.8) is 0 Å². The van der Waals surface area contributed by atoms with E-state index in [4.69, 9.17) is 4.42 Å². The number of nitrogens with zero attached hydrogens (tertiary/aromatic N) is 4. The van der Waals surface area contributed by atoms with Gasteiger partial charge in [0.05, 0.1) is 12.8 Å². The van der Waals surface area contributed by atoms with Crippen LogP contribution in [0.2, 0.25) is 0 Å². The second-order valence-electron chi connectivity index (χ2n) is 6.37. The lowest BCUT2D eigenvalue weighted by Crippen LogP contribution is -2.39. The van der Waals surface area contributed by atoms with Gasteiger partial charge < -0.3 is 13.9 Å². The van der Waals surface area contributed by atoms with Crippen LogP contribution < -0.4 is 0 Å². The molecule has 0 bridgehead atoms. The number of likely N-dealkylation sites (tertiary alicyclic amines) is 1. The van der Waals surface area contributed by atoms with Crippen LogP contribution in [0.3, 0.4) is 0 Å². The average molecular weight is 336 g/mol. The smallest absolute Gasteiger partial charge is 0.289 e. The summed E-state index contributed by atoms with van der Waals surface area (Å²) >= 11 is 0. The third-order valence-corrected chi connectivity index (χ3v) is 4.65. The van der Waals surface area contributed by atoms with Crippen molar-refractivity contribution in [3.8, 4) is 0 Å². The fraction of sp³-hybridized carbons (Fsp3) is 0.316. The van der Waals surface area contributed by atoms with Crippen LogP contribution in [-0.2, 0) is 6.54 Å². The molecule has 1 atom stereocenters. The minimum atomic E-state index is -0.0520. The summed E-state index contributed by atoms with van der Waals surface area (Å²) in [5.41, 5.74) is 1.21. The number of piperidine rings is 1. The van der Waals surface area contributed by atoms with E-state index in [0.717, 1.165) is 31.8 Å². The SMILES string of the molecule is O=C(c1ccco1)N1CCCC(c2nncn2Cc2ccccc2)C1. The molecule has 1 aliphatic rings. The van der Waals surface area contributed by atoms with E-state index in [0.29, 0.717) is 12.3 Å². The molecular formula is C19H20N4O2. The van der Waals surface area contributed by atoms with Gasteiger partial charge in [0.15, 0.2) is 5.76 Å². The van der Waals surface area contributed by atoms with Crippen molar-refractivity contribution in [2.45, 2.75) is 25.3 Å². The zero-order chi connectivity index (χ0) is 17.1. The zero-order valence-corrected chi connectivity index (χ0v) is 13.9. The monoisotopic (exact) mass is 336 g/mol. The van der Waals surface area contributed by atoms with Crippen LogP contribution in [0.4, 0.5) is 0 Å². The van der Waals surface area contributed by atoms with Gasteiger partial charge in [-0.1, -0.05) is 30.3 Å². The number of aromatic nitrogens is 3. The van der Waals surface area contributed by atoms with Gasteiger partial charge in [0.1, 0.15) is 12.2 Å². The largest absolute Gasteiger partial charge is 0.459 e. The van der Waals surface area contributed by atoms with Gasteiger partial charge in [0.25, 0.3) is 5.91 Å². The summed E-state index contributed by atoms with van der Waals surface area (Å²) < 4.78 is 7.34. The third-order valence-electron chi connectivity index (χ3n) is 4.65. The van der Waals surface area contributed by atoms with Crippen LogP contribution in [0.15, 0.2) is 59.5 Å². The standard InChI is InChI=1S/C19H20N4O2/c24-19(17-9-5-11-25-17)22-10-4-8-16(13-22)18-21-20-14-23(18)12-15-6-2-1-3-7-15/h1-3,5-7,9,11,14,16H,4,8,10,12-13H2. The lowest BCUT2D eigenvalue weighted by Gasteiger charge is -2.31. The van der Waals surface area contributed by atoms with Crippen molar-refractivity contribution < 1.29 is 9.21 Å². The molecule has 4 rings (SSSR count). The molecule has 1 saturated heterocycles. The Morgan fingerprint density at radius 3 is 2.88 bits per heavy atom. The fourth-order valence-corrected chi connectivity index (χ4v) is 3.41. The Morgan fingerprint density at radius 1 is 1.20 bits per heavy atom. The van der Waals surface area contributed by atoms with Gasteiger partial charge in [-0.05, 0) is 30.5 Å². The molecule has 3 heterocycles. The molecule has 6 heteroatoms. The number of rotatable bonds is 4. The fourth-order valence-electron chi connectivity index (χ4n) is 3.41. The predicted octanol–water partition coefficient (Wildman–Crippen LogP) is 2.94. The number of benzene rings is 1. The number of furan rings is 1. The Labute approximate surface area is 146 Å². The summed E-state index contributed by atoms with van der Waals surface area (Å²) in [6.07, 6.45) is 5.27. The Bertz CT molecular complexity index is 826. The van der Waals surface area contributed by atoms with Crippen molar-refractivity contribution in [3.05, 3.63) is 72.2 Å². The molecule has 1 aromatic carbocycles. The molecule has 128 valence electrons. The van der Waals surface area contributed by atoms with Crippen LogP contribution in [0, 0.1) is 0 Å².